The molecule has 1 unspecified atom stereocenters. The van der Waals surface area contributed by atoms with E-state index in [1.54, 1.807) is 13.8 Å². The summed E-state index contributed by atoms with van der Waals surface area (Å²) in [6.07, 6.45) is 0. The van der Waals surface area contributed by atoms with Crippen LogP contribution in [0.3, 0.4) is 0 Å². The van der Waals surface area contributed by atoms with E-state index < -0.39 is 17.8 Å². The highest BCUT2D eigenvalue weighted by Crippen LogP contribution is 2.11. The topological polar surface area (TPSA) is 69.4 Å². The second-order valence-electron chi connectivity index (χ2n) is 2.65. The molecule has 1 atom stereocenters. The van der Waals surface area contributed by atoms with Crippen LogP contribution in [0.5, 0.6) is 0 Å². The minimum absolute atomic E-state index is 0.111. The molecule has 0 aliphatic carbocycles. The van der Waals surface area contributed by atoms with Crippen LogP contribution in [-0.2, 0) is 14.3 Å². The van der Waals surface area contributed by atoms with E-state index in [0.29, 0.717) is 0 Å². The number of carbonyl (C=O) groups is 2. The number of nitrogens with two attached hydrogens (primary N) is 1. The van der Waals surface area contributed by atoms with Gasteiger partial charge >= 0.3 is 5.97 Å². The van der Waals surface area contributed by atoms with Crippen molar-refractivity contribution in [3.8, 4) is 0 Å². The number of hydrogen-bond donors (Lipinski definition) is 1. The van der Waals surface area contributed by atoms with Crippen LogP contribution < -0.4 is 5.73 Å². The van der Waals surface area contributed by atoms with Gasteiger partial charge in [-0.15, -0.1) is 0 Å². The molecule has 0 heterocycles. The predicted octanol–water partition coefficient (Wildman–Crippen LogP) is -0.0831. The third-order valence-corrected chi connectivity index (χ3v) is 1.43. The van der Waals surface area contributed by atoms with Gasteiger partial charge in [-0.1, -0.05) is 13.8 Å². The van der Waals surface area contributed by atoms with Crippen LogP contribution in [0.2, 0.25) is 0 Å². The fourth-order valence-electron chi connectivity index (χ4n) is 0.844. The molecular weight excluding hydrogens is 146 g/mol. The first-order valence-electron chi connectivity index (χ1n) is 3.37. The standard InChI is InChI=1S/C7H13NO3/c1-4(2)5(6(8)9)7(10)11-3/h4-5H,1-3H3,(H2,8,9). The first-order valence-corrected chi connectivity index (χ1v) is 3.37. The van der Waals surface area contributed by atoms with Crippen molar-refractivity contribution >= 4 is 11.9 Å². The fourth-order valence-corrected chi connectivity index (χ4v) is 0.844. The monoisotopic (exact) mass is 159 g/mol. The van der Waals surface area contributed by atoms with E-state index in [1.165, 1.54) is 7.11 Å². The Bertz CT molecular complexity index is 165. The highest BCUT2D eigenvalue weighted by molar-refractivity contribution is 5.97. The van der Waals surface area contributed by atoms with Gasteiger partial charge in [-0.25, -0.2) is 0 Å². The average molecular weight is 159 g/mol. The third kappa shape index (κ3) is 2.57. The molecular formula is C7H13NO3. The molecule has 0 fully saturated rings. The largest absolute Gasteiger partial charge is 0.468 e. The van der Waals surface area contributed by atoms with Crippen LogP contribution in [0.15, 0.2) is 0 Å². The lowest BCUT2D eigenvalue weighted by Gasteiger charge is -2.13. The van der Waals surface area contributed by atoms with E-state index in [2.05, 4.69) is 4.74 Å². The van der Waals surface area contributed by atoms with Crippen molar-refractivity contribution < 1.29 is 14.3 Å². The summed E-state index contributed by atoms with van der Waals surface area (Å²) in [6.45, 7) is 3.48. The molecule has 0 spiro atoms. The second kappa shape index (κ2) is 3.95. The number of methoxy groups -OCH3 is 1. The van der Waals surface area contributed by atoms with E-state index in [1.807, 2.05) is 0 Å². The minimum Gasteiger partial charge on any atom is -0.468 e. The summed E-state index contributed by atoms with van der Waals surface area (Å²) in [5.41, 5.74) is 4.97. The number of rotatable bonds is 3. The molecule has 11 heavy (non-hydrogen) atoms. The summed E-state index contributed by atoms with van der Waals surface area (Å²) in [6, 6.07) is 0. The number of amides is 1. The molecule has 0 bridgehead atoms. The smallest absolute Gasteiger partial charge is 0.318 e. The Balaban J connectivity index is 4.34. The summed E-state index contributed by atoms with van der Waals surface area (Å²) in [4.78, 5) is 21.5. The van der Waals surface area contributed by atoms with E-state index in [0.717, 1.165) is 0 Å². The Morgan fingerprint density at radius 2 is 1.82 bits per heavy atom. The van der Waals surface area contributed by atoms with Crippen molar-refractivity contribution in [2.24, 2.45) is 17.6 Å². The maximum Gasteiger partial charge on any atom is 0.318 e. The molecule has 4 heteroatoms. The van der Waals surface area contributed by atoms with Gasteiger partial charge in [0, 0.05) is 0 Å². The van der Waals surface area contributed by atoms with Gasteiger partial charge in [0.1, 0.15) is 5.92 Å². The van der Waals surface area contributed by atoms with Gasteiger partial charge in [-0.3, -0.25) is 9.59 Å². The Hall–Kier alpha value is -1.06. The summed E-state index contributed by atoms with van der Waals surface area (Å²) in [5.74, 6) is -2.13. The first-order chi connectivity index (χ1) is 5.00. The van der Waals surface area contributed by atoms with Gasteiger partial charge in [-0.2, -0.15) is 0 Å². The maximum absolute atomic E-state index is 10.9. The van der Waals surface area contributed by atoms with Crippen LogP contribution in [0.1, 0.15) is 13.8 Å². The quantitative estimate of drug-likeness (QED) is 0.462. The molecule has 0 saturated heterocycles. The van der Waals surface area contributed by atoms with Gasteiger partial charge in [0.25, 0.3) is 0 Å². The normalized spacial score (nSPS) is 12.7. The van der Waals surface area contributed by atoms with Crippen LogP contribution in [0, 0.1) is 11.8 Å². The van der Waals surface area contributed by atoms with E-state index in [-0.39, 0.29) is 5.92 Å². The van der Waals surface area contributed by atoms with Crippen molar-refractivity contribution in [2.75, 3.05) is 7.11 Å². The Morgan fingerprint density at radius 1 is 1.36 bits per heavy atom. The van der Waals surface area contributed by atoms with Crippen molar-refractivity contribution in [1.82, 2.24) is 0 Å². The van der Waals surface area contributed by atoms with E-state index >= 15 is 0 Å². The molecule has 0 aromatic carbocycles. The molecule has 2 N–H and O–H groups in total. The summed E-state index contributed by atoms with van der Waals surface area (Å²) in [5, 5.41) is 0. The number of ether oxygens (including phenoxy) is 1. The Kier molecular flexibility index (Phi) is 3.57. The van der Waals surface area contributed by atoms with E-state index in [4.69, 9.17) is 5.73 Å². The molecule has 0 saturated carbocycles. The van der Waals surface area contributed by atoms with Gasteiger partial charge in [0.2, 0.25) is 5.91 Å². The van der Waals surface area contributed by atoms with Crippen molar-refractivity contribution in [2.45, 2.75) is 13.8 Å². The van der Waals surface area contributed by atoms with Gasteiger partial charge in [-0.05, 0) is 5.92 Å². The first kappa shape index (κ1) is 9.94. The molecule has 0 aromatic rings. The molecule has 0 aromatic heterocycles. The van der Waals surface area contributed by atoms with Crippen LogP contribution >= 0.6 is 0 Å². The highest BCUT2D eigenvalue weighted by atomic mass is 16.5. The predicted molar refractivity (Wildman–Crippen MR) is 39.5 cm³/mol. The number of hydrogen-bond acceptors (Lipinski definition) is 3. The van der Waals surface area contributed by atoms with Crippen LogP contribution in [0.4, 0.5) is 0 Å². The van der Waals surface area contributed by atoms with Gasteiger partial charge in [0.15, 0.2) is 0 Å². The minimum atomic E-state index is -0.819. The van der Waals surface area contributed by atoms with E-state index in [9.17, 15) is 9.59 Å². The third-order valence-electron chi connectivity index (χ3n) is 1.43. The molecule has 0 radical (unpaired) electrons. The maximum atomic E-state index is 10.9. The van der Waals surface area contributed by atoms with Gasteiger partial charge < -0.3 is 10.5 Å². The summed E-state index contributed by atoms with van der Waals surface area (Å²) in [7, 11) is 1.24. The zero-order valence-corrected chi connectivity index (χ0v) is 6.96. The SMILES string of the molecule is COC(=O)C(C(N)=O)C(C)C. The number of esters is 1. The molecule has 0 aliphatic rings. The molecule has 1 amide bonds. The van der Waals surface area contributed by atoms with Crippen LogP contribution in [-0.4, -0.2) is 19.0 Å². The average Bonchev–Trinajstić information content (AvgIpc) is 1.85. The summed E-state index contributed by atoms with van der Waals surface area (Å²) < 4.78 is 4.40. The second-order valence-corrected chi connectivity index (χ2v) is 2.65. The highest BCUT2D eigenvalue weighted by Gasteiger charge is 2.28. The Labute approximate surface area is 65.7 Å². The number of carbonyl (C=O) groups excluding carboxylic acids is 2. The zero-order chi connectivity index (χ0) is 9.02. The lowest BCUT2D eigenvalue weighted by Crippen LogP contribution is -2.34. The molecule has 0 rings (SSSR count). The number of primary amides is 1. The van der Waals surface area contributed by atoms with Crippen molar-refractivity contribution in [3.05, 3.63) is 0 Å². The zero-order valence-electron chi connectivity index (χ0n) is 6.96. The lowest BCUT2D eigenvalue weighted by molar-refractivity contribution is -0.150. The molecule has 0 aliphatic heterocycles. The lowest BCUT2D eigenvalue weighted by atomic mass is 9.95. The molecule has 64 valence electrons. The Morgan fingerprint density at radius 3 is 1.91 bits per heavy atom. The summed E-state index contributed by atoms with van der Waals surface area (Å²) >= 11 is 0. The van der Waals surface area contributed by atoms with Crippen molar-refractivity contribution in [1.29, 1.82) is 0 Å². The fraction of sp³-hybridized carbons (Fsp3) is 0.714. The van der Waals surface area contributed by atoms with Gasteiger partial charge in [0.05, 0.1) is 7.11 Å². The van der Waals surface area contributed by atoms with Crippen LogP contribution in [0.25, 0.3) is 0 Å². The molecule has 4 nitrogen and oxygen atoms in total. The van der Waals surface area contributed by atoms with Crippen molar-refractivity contribution in [3.63, 3.8) is 0 Å².